The summed E-state index contributed by atoms with van der Waals surface area (Å²) in [5.41, 5.74) is 0. The molecule has 1 N–H and O–H groups in total. The van der Waals surface area contributed by atoms with E-state index in [0.717, 1.165) is 12.8 Å². The second-order valence-corrected chi connectivity index (χ2v) is 4.87. The maximum atomic E-state index is 11.4. The molecule has 0 bridgehead atoms. The Bertz CT molecular complexity index is 155. The Kier molecular flexibility index (Phi) is 7.57. The molecule has 5 heteroatoms. The molecule has 0 unspecified atom stereocenters. The minimum Gasteiger partial charge on any atom is -0.300 e. The van der Waals surface area contributed by atoms with Gasteiger partial charge in [-0.3, -0.25) is 0 Å². The molecule has 0 atom stereocenters. The highest BCUT2D eigenvalue weighted by atomic mass is 31.2. The first-order chi connectivity index (χ1) is 6.18. The maximum absolute atomic E-state index is 11.4. The van der Waals surface area contributed by atoms with E-state index in [4.69, 9.17) is 9.05 Å². The first-order valence-corrected chi connectivity index (χ1v) is 6.19. The zero-order valence-corrected chi connectivity index (χ0v) is 9.60. The molecule has 0 fully saturated rings. The van der Waals surface area contributed by atoms with Crippen LogP contribution in [0.3, 0.4) is 0 Å². The van der Waals surface area contributed by atoms with Crippen molar-refractivity contribution in [2.75, 3.05) is 20.8 Å². The SMILES string of the molecule is CCCCCCNP(=O)(OC)OC. The fourth-order valence-electron chi connectivity index (χ4n) is 0.971. The monoisotopic (exact) mass is 209 g/mol. The highest BCUT2D eigenvalue weighted by Crippen LogP contribution is 2.40. The summed E-state index contributed by atoms with van der Waals surface area (Å²) in [6.45, 7) is 2.83. The van der Waals surface area contributed by atoms with Crippen LogP contribution in [0, 0.1) is 0 Å². The Balaban J connectivity index is 3.45. The highest BCUT2D eigenvalue weighted by molar-refractivity contribution is 7.51. The van der Waals surface area contributed by atoms with E-state index < -0.39 is 7.75 Å². The molecular formula is C8H20NO3P. The Morgan fingerprint density at radius 2 is 1.77 bits per heavy atom. The Labute approximate surface area is 80.6 Å². The largest absolute Gasteiger partial charge is 0.404 e. The average molecular weight is 209 g/mol. The molecule has 0 rings (SSSR count). The van der Waals surface area contributed by atoms with E-state index in [2.05, 4.69) is 12.0 Å². The van der Waals surface area contributed by atoms with Crippen molar-refractivity contribution in [1.29, 1.82) is 0 Å². The van der Waals surface area contributed by atoms with Crippen LogP contribution in [-0.2, 0) is 13.6 Å². The summed E-state index contributed by atoms with van der Waals surface area (Å²) in [5.74, 6) is 0. The van der Waals surface area contributed by atoms with Crippen LogP contribution in [0.2, 0.25) is 0 Å². The first-order valence-electron chi connectivity index (χ1n) is 4.65. The van der Waals surface area contributed by atoms with E-state index in [1.54, 1.807) is 0 Å². The summed E-state index contributed by atoms with van der Waals surface area (Å²) in [6.07, 6.45) is 4.57. The molecule has 13 heavy (non-hydrogen) atoms. The fraction of sp³-hybridized carbons (Fsp3) is 1.00. The van der Waals surface area contributed by atoms with Crippen LogP contribution in [0.5, 0.6) is 0 Å². The van der Waals surface area contributed by atoms with E-state index in [1.807, 2.05) is 0 Å². The number of unbranched alkanes of at least 4 members (excludes halogenated alkanes) is 3. The van der Waals surface area contributed by atoms with Crippen LogP contribution in [0.4, 0.5) is 0 Å². The smallest absolute Gasteiger partial charge is 0.300 e. The van der Waals surface area contributed by atoms with E-state index in [-0.39, 0.29) is 0 Å². The van der Waals surface area contributed by atoms with Gasteiger partial charge in [0.1, 0.15) is 0 Å². The topological polar surface area (TPSA) is 47.6 Å². The van der Waals surface area contributed by atoms with Crippen molar-refractivity contribution in [2.24, 2.45) is 0 Å². The van der Waals surface area contributed by atoms with Crippen molar-refractivity contribution in [3.05, 3.63) is 0 Å². The van der Waals surface area contributed by atoms with Crippen LogP contribution in [0.1, 0.15) is 32.6 Å². The number of nitrogens with one attached hydrogen (secondary N) is 1. The summed E-state index contributed by atoms with van der Waals surface area (Å²) in [6, 6.07) is 0. The third-order valence-corrected chi connectivity index (χ3v) is 3.39. The standard InChI is InChI=1S/C8H20NO3P/c1-4-5-6-7-8-9-13(10,11-2)12-3/h4-8H2,1-3H3,(H,9,10). The van der Waals surface area contributed by atoms with Gasteiger partial charge in [-0.15, -0.1) is 0 Å². The van der Waals surface area contributed by atoms with Crippen molar-refractivity contribution >= 4 is 7.75 Å². The molecule has 0 aromatic carbocycles. The number of hydrogen-bond acceptors (Lipinski definition) is 3. The lowest BCUT2D eigenvalue weighted by Crippen LogP contribution is -2.14. The van der Waals surface area contributed by atoms with Gasteiger partial charge in [-0.1, -0.05) is 26.2 Å². The van der Waals surface area contributed by atoms with Gasteiger partial charge in [-0.25, -0.2) is 9.65 Å². The van der Waals surface area contributed by atoms with Crippen molar-refractivity contribution in [3.8, 4) is 0 Å². The maximum Gasteiger partial charge on any atom is 0.404 e. The molecule has 80 valence electrons. The summed E-state index contributed by atoms with van der Waals surface area (Å²) in [7, 11) is -0.223. The zero-order valence-electron chi connectivity index (χ0n) is 8.71. The van der Waals surface area contributed by atoms with E-state index in [9.17, 15) is 4.57 Å². The molecule has 0 heterocycles. The summed E-state index contributed by atoms with van der Waals surface area (Å²) in [4.78, 5) is 0. The van der Waals surface area contributed by atoms with E-state index in [1.165, 1.54) is 27.1 Å². The quantitative estimate of drug-likeness (QED) is 0.493. The number of rotatable bonds is 8. The van der Waals surface area contributed by atoms with E-state index in [0.29, 0.717) is 6.54 Å². The lowest BCUT2D eigenvalue weighted by Gasteiger charge is -2.14. The second kappa shape index (κ2) is 7.51. The van der Waals surface area contributed by atoms with Crippen LogP contribution < -0.4 is 5.09 Å². The lowest BCUT2D eigenvalue weighted by atomic mass is 10.2. The molecule has 0 aromatic heterocycles. The van der Waals surface area contributed by atoms with Crippen LogP contribution in [0.25, 0.3) is 0 Å². The third-order valence-electron chi connectivity index (χ3n) is 1.82. The van der Waals surface area contributed by atoms with Gasteiger partial charge in [0.15, 0.2) is 0 Å². The molecule has 0 radical (unpaired) electrons. The van der Waals surface area contributed by atoms with Crippen LogP contribution >= 0.6 is 7.75 Å². The lowest BCUT2D eigenvalue weighted by molar-refractivity contribution is 0.264. The van der Waals surface area contributed by atoms with Crippen molar-refractivity contribution in [1.82, 2.24) is 5.09 Å². The van der Waals surface area contributed by atoms with Crippen LogP contribution in [-0.4, -0.2) is 20.8 Å². The summed E-state index contributed by atoms with van der Waals surface area (Å²) < 4.78 is 20.9. The molecule has 0 spiro atoms. The molecular weight excluding hydrogens is 189 g/mol. The predicted octanol–water partition coefficient (Wildman–Crippen LogP) is 2.56. The molecule has 0 saturated heterocycles. The molecule has 4 nitrogen and oxygen atoms in total. The van der Waals surface area contributed by atoms with Gasteiger partial charge in [-0.05, 0) is 6.42 Å². The van der Waals surface area contributed by atoms with Gasteiger partial charge in [0, 0.05) is 20.8 Å². The molecule has 0 aliphatic carbocycles. The molecule has 0 aliphatic heterocycles. The zero-order chi connectivity index (χ0) is 10.2. The van der Waals surface area contributed by atoms with Crippen LogP contribution in [0.15, 0.2) is 0 Å². The van der Waals surface area contributed by atoms with Crippen molar-refractivity contribution in [2.45, 2.75) is 32.6 Å². The normalized spacial score (nSPS) is 11.9. The highest BCUT2D eigenvalue weighted by Gasteiger charge is 2.18. The Hall–Kier alpha value is 0.110. The minimum absolute atomic E-state index is 0.680. The second-order valence-electron chi connectivity index (χ2n) is 2.83. The third kappa shape index (κ3) is 6.22. The molecule has 0 saturated carbocycles. The summed E-state index contributed by atoms with van der Waals surface area (Å²) >= 11 is 0. The first kappa shape index (κ1) is 13.1. The molecule has 0 aromatic rings. The predicted molar refractivity (Wildman–Crippen MR) is 53.8 cm³/mol. The Morgan fingerprint density at radius 1 is 1.15 bits per heavy atom. The van der Waals surface area contributed by atoms with E-state index >= 15 is 0 Å². The summed E-state index contributed by atoms with van der Waals surface area (Å²) in [5, 5.41) is 2.77. The molecule has 0 aliphatic rings. The fourth-order valence-corrected chi connectivity index (χ4v) is 1.81. The number of hydrogen-bond donors (Lipinski definition) is 1. The van der Waals surface area contributed by atoms with Gasteiger partial charge in [0.05, 0.1) is 0 Å². The van der Waals surface area contributed by atoms with Gasteiger partial charge in [0.2, 0.25) is 0 Å². The van der Waals surface area contributed by atoms with Gasteiger partial charge in [-0.2, -0.15) is 0 Å². The van der Waals surface area contributed by atoms with Gasteiger partial charge < -0.3 is 9.05 Å². The molecule has 0 amide bonds. The van der Waals surface area contributed by atoms with Gasteiger partial charge >= 0.3 is 7.75 Å². The van der Waals surface area contributed by atoms with Crippen molar-refractivity contribution in [3.63, 3.8) is 0 Å². The van der Waals surface area contributed by atoms with Gasteiger partial charge in [0.25, 0.3) is 0 Å². The minimum atomic E-state index is -2.98. The average Bonchev–Trinajstić information content (AvgIpc) is 2.17. The van der Waals surface area contributed by atoms with Crippen molar-refractivity contribution < 1.29 is 13.6 Å². The Morgan fingerprint density at radius 3 is 2.23 bits per heavy atom.